The first-order chi connectivity index (χ1) is 14.3. The molecule has 0 spiro atoms. The molecule has 158 valence electrons. The largest absolute Gasteiger partial charge is 0.494 e. The molecule has 11 heteroatoms. The number of rotatable bonds is 9. The first-order valence-corrected chi connectivity index (χ1v) is 8.61. The van der Waals surface area contributed by atoms with Gasteiger partial charge in [0.05, 0.1) is 30.4 Å². The van der Waals surface area contributed by atoms with Gasteiger partial charge in [-0.1, -0.05) is 18.2 Å². The zero-order chi connectivity index (χ0) is 22.1. The van der Waals surface area contributed by atoms with Gasteiger partial charge in [0.15, 0.2) is 12.6 Å². The average molecular weight is 417 g/mol. The number of amides is 2. The van der Waals surface area contributed by atoms with Gasteiger partial charge in [0.2, 0.25) is 0 Å². The van der Waals surface area contributed by atoms with E-state index in [0.717, 1.165) is 6.07 Å². The fraction of sp³-hybridized carbons (Fsp3) is 0.211. The Hall–Kier alpha value is -3.99. The quantitative estimate of drug-likeness (QED) is 0.308. The minimum absolute atomic E-state index is 0.0484. The van der Waals surface area contributed by atoms with Gasteiger partial charge in [-0.15, -0.1) is 0 Å². The summed E-state index contributed by atoms with van der Waals surface area (Å²) in [5.41, 5.74) is 0.197. The van der Waals surface area contributed by atoms with Crippen molar-refractivity contribution in [2.24, 2.45) is 0 Å². The Morgan fingerprint density at radius 2 is 1.87 bits per heavy atom. The van der Waals surface area contributed by atoms with Crippen molar-refractivity contribution in [3.05, 3.63) is 64.2 Å². The molecular weight excluding hydrogens is 398 g/mol. The minimum Gasteiger partial charge on any atom is -0.494 e. The number of non-ortho nitro benzene ring substituents is 1. The van der Waals surface area contributed by atoms with Gasteiger partial charge in [-0.2, -0.15) is 0 Å². The molecule has 30 heavy (non-hydrogen) atoms. The Bertz CT molecular complexity index is 933. The smallest absolute Gasteiger partial charge is 0.331 e. The molecule has 0 saturated carbocycles. The van der Waals surface area contributed by atoms with E-state index in [-0.39, 0.29) is 22.7 Å². The standard InChI is InChI=1S/C19H19N3O8/c1-29-16-9-13(22(27)28)7-8-14(16)20-17(24)11-30-19(26)15(10-23)21-18(25)12-5-3-2-4-6-12/h2-9,15,23H,10-11H2,1H3,(H,20,24)(H,21,25). The number of nitro groups is 1. The summed E-state index contributed by atoms with van der Waals surface area (Å²) in [6, 6.07) is 10.3. The van der Waals surface area contributed by atoms with Crippen LogP contribution in [0.15, 0.2) is 48.5 Å². The van der Waals surface area contributed by atoms with E-state index in [4.69, 9.17) is 9.47 Å². The van der Waals surface area contributed by atoms with Crippen LogP contribution >= 0.6 is 0 Å². The van der Waals surface area contributed by atoms with E-state index in [9.17, 15) is 29.6 Å². The predicted molar refractivity (Wildman–Crippen MR) is 104 cm³/mol. The number of aliphatic hydroxyl groups is 1. The van der Waals surface area contributed by atoms with Crippen molar-refractivity contribution in [2.45, 2.75) is 6.04 Å². The number of benzene rings is 2. The summed E-state index contributed by atoms with van der Waals surface area (Å²) in [5, 5.41) is 24.8. The lowest BCUT2D eigenvalue weighted by Gasteiger charge is -2.15. The Morgan fingerprint density at radius 1 is 1.17 bits per heavy atom. The fourth-order valence-electron chi connectivity index (χ4n) is 2.33. The number of esters is 1. The van der Waals surface area contributed by atoms with Crippen molar-refractivity contribution in [3.63, 3.8) is 0 Å². The highest BCUT2D eigenvalue weighted by molar-refractivity contribution is 5.97. The third-order valence-corrected chi connectivity index (χ3v) is 3.82. The molecular formula is C19H19N3O8. The SMILES string of the molecule is COc1cc([N+](=O)[O-])ccc1NC(=O)COC(=O)C(CO)NC(=O)c1ccccc1. The maximum absolute atomic E-state index is 12.1. The number of methoxy groups -OCH3 is 1. The van der Waals surface area contributed by atoms with Crippen LogP contribution in [0.3, 0.4) is 0 Å². The van der Waals surface area contributed by atoms with E-state index >= 15 is 0 Å². The molecule has 2 amide bonds. The van der Waals surface area contributed by atoms with Gasteiger partial charge in [-0.3, -0.25) is 19.7 Å². The number of carbonyl (C=O) groups excluding carboxylic acids is 3. The second kappa shape index (κ2) is 10.5. The van der Waals surface area contributed by atoms with Crippen molar-refractivity contribution < 1.29 is 33.9 Å². The van der Waals surface area contributed by atoms with Gasteiger partial charge < -0.3 is 25.2 Å². The number of hydrogen-bond donors (Lipinski definition) is 3. The normalized spacial score (nSPS) is 11.1. The van der Waals surface area contributed by atoms with Crippen LogP contribution in [0.5, 0.6) is 5.75 Å². The van der Waals surface area contributed by atoms with Crippen molar-refractivity contribution in [1.82, 2.24) is 5.32 Å². The molecule has 0 radical (unpaired) electrons. The highest BCUT2D eigenvalue weighted by Gasteiger charge is 2.23. The van der Waals surface area contributed by atoms with Crippen LogP contribution in [0, 0.1) is 10.1 Å². The Kier molecular flexibility index (Phi) is 7.82. The van der Waals surface area contributed by atoms with E-state index in [2.05, 4.69) is 10.6 Å². The van der Waals surface area contributed by atoms with Crippen LogP contribution in [-0.4, -0.2) is 54.2 Å². The van der Waals surface area contributed by atoms with Gasteiger partial charge in [0.25, 0.3) is 17.5 Å². The Morgan fingerprint density at radius 3 is 2.47 bits per heavy atom. The third-order valence-electron chi connectivity index (χ3n) is 3.82. The summed E-state index contributed by atoms with van der Waals surface area (Å²) in [4.78, 5) is 46.3. The zero-order valence-electron chi connectivity index (χ0n) is 15.9. The van der Waals surface area contributed by atoms with E-state index < -0.39 is 42.0 Å². The predicted octanol–water partition coefficient (Wildman–Crippen LogP) is 0.876. The number of carbonyl (C=O) groups is 3. The first-order valence-electron chi connectivity index (χ1n) is 8.61. The van der Waals surface area contributed by atoms with Gasteiger partial charge in [0, 0.05) is 11.6 Å². The van der Waals surface area contributed by atoms with Crippen molar-refractivity contribution >= 4 is 29.2 Å². The molecule has 0 aliphatic rings. The summed E-state index contributed by atoms with van der Waals surface area (Å²) >= 11 is 0. The lowest BCUT2D eigenvalue weighted by molar-refractivity contribution is -0.384. The Balaban J connectivity index is 1.92. The van der Waals surface area contributed by atoms with Crippen LogP contribution in [0.25, 0.3) is 0 Å². The molecule has 0 saturated heterocycles. The van der Waals surface area contributed by atoms with Crippen LogP contribution < -0.4 is 15.4 Å². The lowest BCUT2D eigenvalue weighted by Crippen LogP contribution is -2.45. The second-order valence-electron chi connectivity index (χ2n) is 5.87. The zero-order valence-corrected chi connectivity index (χ0v) is 15.9. The van der Waals surface area contributed by atoms with Crippen LogP contribution in [0.1, 0.15) is 10.4 Å². The molecule has 0 aliphatic heterocycles. The number of ether oxygens (including phenoxy) is 2. The van der Waals surface area contributed by atoms with E-state index in [1.807, 2.05) is 0 Å². The molecule has 2 rings (SSSR count). The fourth-order valence-corrected chi connectivity index (χ4v) is 2.33. The van der Waals surface area contributed by atoms with Gasteiger partial charge in [-0.05, 0) is 18.2 Å². The molecule has 0 bridgehead atoms. The van der Waals surface area contributed by atoms with Gasteiger partial charge in [-0.25, -0.2) is 4.79 Å². The maximum atomic E-state index is 12.1. The molecule has 2 aromatic rings. The number of anilines is 1. The summed E-state index contributed by atoms with van der Waals surface area (Å²) in [6.07, 6.45) is 0. The summed E-state index contributed by atoms with van der Waals surface area (Å²) in [7, 11) is 1.27. The topological polar surface area (TPSA) is 157 Å². The monoisotopic (exact) mass is 417 g/mol. The molecule has 3 N–H and O–H groups in total. The number of aliphatic hydroxyl groups excluding tert-OH is 1. The molecule has 11 nitrogen and oxygen atoms in total. The van der Waals surface area contributed by atoms with E-state index in [1.165, 1.54) is 31.4 Å². The number of nitrogens with one attached hydrogen (secondary N) is 2. The van der Waals surface area contributed by atoms with Crippen molar-refractivity contribution in [1.29, 1.82) is 0 Å². The molecule has 0 fully saturated rings. The number of hydrogen-bond acceptors (Lipinski definition) is 8. The van der Waals surface area contributed by atoms with Crippen molar-refractivity contribution in [2.75, 3.05) is 25.6 Å². The molecule has 0 aromatic heterocycles. The Labute approximate surface area is 170 Å². The number of nitro benzene ring substituents is 1. The van der Waals surface area contributed by atoms with Crippen LogP contribution in [-0.2, 0) is 14.3 Å². The minimum atomic E-state index is -1.36. The highest BCUT2D eigenvalue weighted by Crippen LogP contribution is 2.28. The third kappa shape index (κ3) is 6.01. The van der Waals surface area contributed by atoms with Crippen molar-refractivity contribution in [3.8, 4) is 5.75 Å². The maximum Gasteiger partial charge on any atom is 0.331 e. The number of nitrogens with zero attached hydrogens (tertiary/aromatic N) is 1. The average Bonchev–Trinajstić information content (AvgIpc) is 2.76. The van der Waals surface area contributed by atoms with Crippen LogP contribution in [0.4, 0.5) is 11.4 Å². The highest BCUT2D eigenvalue weighted by atomic mass is 16.6. The lowest BCUT2D eigenvalue weighted by atomic mass is 10.2. The van der Waals surface area contributed by atoms with Gasteiger partial charge >= 0.3 is 5.97 Å². The van der Waals surface area contributed by atoms with Gasteiger partial charge in [0.1, 0.15) is 5.75 Å². The second-order valence-corrected chi connectivity index (χ2v) is 5.87. The van der Waals surface area contributed by atoms with E-state index in [1.54, 1.807) is 18.2 Å². The summed E-state index contributed by atoms with van der Waals surface area (Å²) in [5.74, 6) is -2.30. The molecule has 2 aromatic carbocycles. The first kappa shape index (κ1) is 22.3. The molecule has 1 atom stereocenters. The summed E-state index contributed by atoms with van der Waals surface area (Å²) < 4.78 is 9.82. The molecule has 1 unspecified atom stereocenters. The van der Waals surface area contributed by atoms with E-state index in [0.29, 0.717) is 0 Å². The summed E-state index contributed by atoms with van der Waals surface area (Å²) in [6.45, 7) is -1.44. The van der Waals surface area contributed by atoms with Crippen LogP contribution in [0.2, 0.25) is 0 Å². The molecule has 0 aliphatic carbocycles. The molecule has 0 heterocycles.